The molecule has 1 heterocycles. The van der Waals surface area contributed by atoms with Crippen LogP contribution in [0.3, 0.4) is 0 Å². The number of nitrogens with zero attached hydrogens (tertiary/aromatic N) is 2. The topological polar surface area (TPSA) is 80.0 Å². The summed E-state index contributed by atoms with van der Waals surface area (Å²) < 4.78 is 5.01. The molecule has 0 spiro atoms. The van der Waals surface area contributed by atoms with Crippen molar-refractivity contribution >= 4 is 11.6 Å². The average molecular weight is 260 g/mol. The summed E-state index contributed by atoms with van der Waals surface area (Å²) in [5.41, 5.74) is 1.03. The smallest absolute Gasteiger partial charge is 0.292 e. The van der Waals surface area contributed by atoms with Crippen LogP contribution in [-0.2, 0) is 6.42 Å². The van der Waals surface area contributed by atoms with Gasteiger partial charge < -0.3 is 15.2 Å². The fourth-order valence-electron chi connectivity index (χ4n) is 1.56. The third-order valence-corrected chi connectivity index (χ3v) is 2.45. The highest BCUT2D eigenvalue weighted by molar-refractivity contribution is 5.90. The van der Waals surface area contributed by atoms with E-state index in [-0.39, 0.29) is 11.7 Å². The fraction of sp³-hybridized carbons (Fsp3) is 0.308. The van der Waals surface area contributed by atoms with Crippen molar-refractivity contribution in [1.29, 1.82) is 0 Å². The summed E-state index contributed by atoms with van der Waals surface area (Å²) in [6.07, 6.45) is 0.571. The number of benzene rings is 1. The van der Waals surface area contributed by atoms with Gasteiger partial charge in [-0.25, -0.2) is 0 Å². The molecular formula is C13H16N4O2. The van der Waals surface area contributed by atoms with E-state index < -0.39 is 0 Å². The van der Waals surface area contributed by atoms with Crippen molar-refractivity contribution in [2.24, 2.45) is 0 Å². The van der Waals surface area contributed by atoms with Gasteiger partial charge in [0.15, 0.2) is 0 Å². The SMILES string of the molecule is CCNC(=O)c1noc(CCNc2ccccc2)n1. The van der Waals surface area contributed by atoms with E-state index in [1.54, 1.807) is 0 Å². The maximum atomic E-state index is 11.4. The fourth-order valence-corrected chi connectivity index (χ4v) is 1.56. The maximum Gasteiger partial charge on any atom is 0.292 e. The molecule has 0 aliphatic rings. The van der Waals surface area contributed by atoms with Gasteiger partial charge in [-0.3, -0.25) is 4.79 Å². The molecule has 0 unspecified atom stereocenters. The third-order valence-electron chi connectivity index (χ3n) is 2.45. The lowest BCUT2D eigenvalue weighted by molar-refractivity contribution is 0.0942. The zero-order valence-corrected chi connectivity index (χ0v) is 10.7. The van der Waals surface area contributed by atoms with Crippen LogP contribution in [0.25, 0.3) is 0 Å². The average Bonchev–Trinajstić information content (AvgIpc) is 2.89. The number of anilines is 1. The van der Waals surface area contributed by atoms with Crippen LogP contribution in [-0.4, -0.2) is 29.1 Å². The van der Waals surface area contributed by atoms with Crippen molar-refractivity contribution in [3.63, 3.8) is 0 Å². The van der Waals surface area contributed by atoms with Crippen LogP contribution >= 0.6 is 0 Å². The second-order valence-electron chi connectivity index (χ2n) is 3.91. The van der Waals surface area contributed by atoms with Crippen LogP contribution in [0.1, 0.15) is 23.4 Å². The van der Waals surface area contributed by atoms with Gasteiger partial charge in [0.2, 0.25) is 5.89 Å². The first kappa shape index (κ1) is 13.1. The molecule has 2 rings (SSSR count). The van der Waals surface area contributed by atoms with Crippen molar-refractivity contribution in [3.8, 4) is 0 Å². The number of rotatable bonds is 6. The number of carbonyl (C=O) groups is 1. The molecule has 0 radical (unpaired) electrons. The monoisotopic (exact) mass is 260 g/mol. The Hall–Kier alpha value is -2.37. The molecule has 6 heteroatoms. The van der Waals surface area contributed by atoms with Gasteiger partial charge in [0.05, 0.1) is 0 Å². The molecule has 19 heavy (non-hydrogen) atoms. The zero-order chi connectivity index (χ0) is 13.5. The molecule has 0 bridgehead atoms. The van der Waals surface area contributed by atoms with E-state index in [1.165, 1.54) is 0 Å². The number of para-hydroxylation sites is 1. The predicted molar refractivity (Wildman–Crippen MR) is 70.9 cm³/mol. The van der Waals surface area contributed by atoms with Crippen LogP contribution in [0.15, 0.2) is 34.9 Å². The van der Waals surface area contributed by atoms with Gasteiger partial charge in [0.1, 0.15) is 0 Å². The summed E-state index contributed by atoms with van der Waals surface area (Å²) in [5.74, 6) is 0.217. The van der Waals surface area contributed by atoms with E-state index >= 15 is 0 Å². The molecule has 0 aliphatic carbocycles. The van der Waals surface area contributed by atoms with Gasteiger partial charge in [-0.1, -0.05) is 23.4 Å². The molecule has 100 valence electrons. The number of hydrogen-bond donors (Lipinski definition) is 2. The summed E-state index contributed by atoms with van der Waals surface area (Å²) in [4.78, 5) is 15.5. The molecular weight excluding hydrogens is 244 g/mol. The second-order valence-corrected chi connectivity index (χ2v) is 3.91. The maximum absolute atomic E-state index is 11.4. The van der Waals surface area contributed by atoms with E-state index in [4.69, 9.17) is 4.52 Å². The van der Waals surface area contributed by atoms with E-state index in [1.807, 2.05) is 37.3 Å². The Kier molecular flexibility index (Phi) is 4.49. The van der Waals surface area contributed by atoms with Crippen LogP contribution in [0.5, 0.6) is 0 Å². The van der Waals surface area contributed by atoms with Crippen LogP contribution < -0.4 is 10.6 Å². The highest BCUT2D eigenvalue weighted by Gasteiger charge is 2.12. The minimum Gasteiger partial charge on any atom is -0.385 e. The van der Waals surface area contributed by atoms with Crippen molar-refractivity contribution in [2.45, 2.75) is 13.3 Å². The Labute approximate surface area is 111 Å². The molecule has 0 aliphatic heterocycles. The number of aromatic nitrogens is 2. The highest BCUT2D eigenvalue weighted by Crippen LogP contribution is 2.05. The summed E-state index contributed by atoms with van der Waals surface area (Å²) >= 11 is 0. The van der Waals surface area contributed by atoms with Crippen molar-refractivity contribution in [1.82, 2.24) is 15.5 Å². The van der Waals surface area contributed by atoms with Crippen molar-refractivity contribution < 1.29 is 9.32 Å². The van der Waals surface area contributed by atoms with Crippen LogP contribution in [0, 0.1) is 0 Å². The molecule has 0 saturated carbocycles. The molecule has 1 aromatic carbocycles. The number of hydrogen-bond acceptors (Lipinski definition) is 5. The van der Waals surface area contributed by atoms with Gasteiger partial charge in [-0.15, -0.1) is 0 Å². The summed E-state index contributed by atoms with van der Waals surface area (Å²) in [6.45, 7) is 3.04. The lowest BCUT2D eigenvalue weighted by Crippen LogP contribution is -2.23. The summed E-state index contributed by atoms with van der Waals surface area (Å²) in [5, 5.41) is 9.48. The first-order chi connectivity index (χ1) is 9.29. The third kappa shape index (κ3) is 3.80. The van der Waals surface area contributed by atoms with E-state index in [9.17, 15) is 4.79 Å². The van der Waals surface area contributed by atoms with E-state index in [0.717, 1.165) is 5.69 Å². The Morgan fingerprint density at radius 1 is 1.32 bits per heavy atom. The van der Waals surface area contributed by atoms with Gasteiger partial charge in [-0.05, 0) is 19.1 Å². The van der Waals surface area contributed by atoms with E-state index in [2.05, 4.69) is 20.8 Å². The molecule has 1 aromatic heterocycles. The summed E-state index contributed by atoms with van der Waals surface area (Å²) in [6, 6.07) is 9.84. The Balaban J connectivity index is 1.82. The molecule has 1 amide bonds. The van der Waals surface area contributed by atoms with Crippen LogP contribution in [0.2, 0.25) is 0 Å². The first-order valence-electron chi connectivity index (χ1n) is 6.19. The minimum atomic E-state index is -0.312. The standard InChI is InChI=1S/C13H16N4O2/c1-2-14-13(18)12-16-11(19-17-12)8-9-15-10-6-4-3-5-7-10/h3-7,15H,2,8-9H2,1H3,(H,14,18). The second kappa shape index (κ2) is 6.53. The quantitative estimate of drug-likeness (QED) is 0.822. The highest BCUT2D eigenvalue weighted by atomic mass is 16.5. The molecule has 0 fully saturated rings. The minimum absolute atomic E-state index is 0.0801. The van der Waals surface area contributed by atoms with Gasteiger partial charge >= 0.3 is 0 Å². The first-order valence-corrected chi connectivity index (χ1v) is 6.19. The molecule has 2 N–H and O–H groups in total. The zero-order valence-electron chi connectivity index (χ0n) is 10.7. The van der Waals surface area contributed by atoms with Crippen LogP contribution in [0.4, 0.5) is 5.69 Å². The normalized spacial score (nSPS) is 10.2. The Morgan fingerprint density at radius 2 is 2.11 bits per heavy atom. The van der Waals surface area contributed by atoms with Gasteiger partial charge in [0.25, 0.3) is 11.7 Å². The molecule has 0 atom stereocenters. The Bertz CT molecular complexity index is 524. The van der Waals surface area contributed by atoms with Gasteiger partial charge in [-0.2, -0.15) is 4.98 Å². The Morgan fingerprint density at radius 3 is 2.84 bits per heavy atom. The van der Waals surface area contributed by atoms with Gasteiger partial charge in [0, 0.05) is 25.2 Å². The largest absolute Gasteiger partial charge is 0.385 e. The lowest BCUT2D eigenvalue weighted by Gasteiger charge is -2.02. The number of amides is 1. The van der Waals surface area contributed by atoms with Crippen molar-refractivity contribution in [3.05, 3.63) is 42.0 Å². The van der Waals surface area contributed by atoms with Crippen molar-refractivity contribution in [2.75, 3.05) is 18.4 Å². The molecule has 0 saturated heterocycles. The predicted octanol–water partition coefficient (Wildman–Crippen LogP) is 1.47. The van der Waals surface area contributed by atoms with E-state index in [0.29, 0.717) is 25.4 Å². The summed E-state index contributed by atoms with van der Waals surface area (Å²) in [7, 11) is 0. The molecule has 6 nitrogen and oxygen atoms in total. The molecule has 2 aromatic rings. The lowest BCUT2D eigenvalue weighted by atomic mass is 10.3. The number of nitrogens with one attached hydrogen (secondary N) is 2. The number of carbonyl (C=O) groups excluding carboxylic acids is 1.